The standard InChI is InChI=1S/C24H33N3O2S/c1-16-3-4-21-20(9-16)26-22(27-30-21)5-6-23(28)25-7-2-8-29-24-13-17-10-18(14-24)12-19(11-17)15-24/h3-4,9,17-19H,2,5-8,10-15H2,1H3,(H,25,28)(H,26,27). The average molecular weight is 428 g/mol. The van der Waals surface area contributed by atoms with Gasteiger partial charge in [0.15, 0.2) is 0 Å². The zero-order valence-electron chi connectivity index (χ0n) is 17.9. The van der Waals surface area contributed by atoms with Crippen molar-refractivity contribution >= 4 is 29.4 Å². The number of nitrogens with zero attached hydrogens (tertiary/aromatic N) is 1. The molecule has 2 N–H and O–H groups in total. The van der Waals surface area contributed by atoms with Crippen molar-refractivity contribution in [2.75, 3.05) is 13.2 Å². The van der Waals surface area contributed by atoms with Crippen molar-refractivity contribution in [1.82, 2.24) is 10.0 Å². The molecule has 4 aliphatic carbocycles. The van der Waals surface area contributed by atoms with Crippen LogP contribution in [-0.4, -0.2) is 30.5 Å². The second kappa shape index (κ2) is 8.54. The number of aryl methyl sites for hydroxylation is 1. The number of benzene rings is 1. The van der Waals surface area contributed by atoms with Crippen LogP contribution in [0.2, 0.25) is 0 Å². The van der Waals surface area contributed by atoms with Gasteiger partial charge >= 0.3 is 0 Å². The number of fused-ring (bicyclic) bond motifs is 1. The summed E-state index contributed by atoms with van der Waals surface area (Å²) in [4.78, 5) is 18.0. The highest BCUT2D eigenvalue weighted by Gasteiger charge is 2.51. The van der Waals surface area contributed by atoms with Crippen LogP contribution in [0.1, 0.15) is 63.4 Å². The van der Waals surface area contributed by atoms with E-state index in [2.05, 4.69) is 40.2 Å². The van der Waals surface area contributed by atoms with Crippen LogP contribution in [0.15, 0.2) is 28.1 Å². The average Bonchev–Trinajstić information content (AvgIpc) is 2.70. The molecule has 1 heterocycles. The molecule has 30 heavy (non-hydrogen) atoms. The maximum atomic E-state index is 12.2. The summed E-state index contributed by atoms with van der Waals surface area (Å²) in [5.74, 6) is 3.72. The van der Waals surface area contributed by atoms with Gasteiger partial charge in [0.25, 0.3) is 0 Å². The van der Waals surface area contributed by atoms with Gasteiger partial charge in [-0.2, -0.15) is 0 Å². The molecule has 0 spiro atoms. The Hall–Kier alpha value is -1.53. The van der Waals surface area contributed by atoms with Crippen LogP contribution in [0.3, 0.4) is 0 Å². The number of nitrogens with one attached hydrogen (secondary N) is 2. The SMILES string of the molecule is Cc1ccc2c(c1)N=C(CCC(=O)NCCCOC13CC4CC(CC(C4)C1)C3)NS2. The van der Waals surface area contributed by atoms with Gasteiger partial charge in [0.1, 0.15) is 5.84 Å². The van der Waals surface area contributed by atoms with Crippen molar-refractivity contribution in [3.8, 4) is 0 Å². The number of carbonyl (C=O) groups excluding carboxylic acids is 1. The Labute approximate surface area is 184 Å². The number of ether oxygens (including phenoxy) is 1. The van der Waals surface area contributed by atoms with E-state index in [-0.39, 0.29) is 11.5 Å². The van der Waals surface area contributed by atoms with E-state index in [4.69, 9.17) is 4.74 Å². The minimum atomic E-state index is 0.0920. The zero-order valence-corrected chi connectivity index (χ0v) is 18.7. The Bertz CT molecular complexity index is 802. The van der Waals surface area contributed by atoms with Gasteiger partial charge < -0.3 is 14.8 Å². The van der Waals surface area contributed by atoms with Crippen LogP contribution < -0.4 is 10.0 Å². The van der Waals surface area contributed by atoms with E-state index < -0.39 is 0 Å². The lowest BCUT2D eigenvalue weighted by molar-refractivity contribution is -0.162. The first kappa shape index (κ1) is 20.4. The smallest absolute Gasteiger partial charge is 0.220 e. The topological polar surface area (TPSA) is 62.7 Å². The van der Waals surface area contributed by atoms with Crippen LogP contribution in [0.25, 0.3) is 0 Å². The largest absolute Gasteiger partial charge is 0.375 e. The highest BCUT2D eigenvalue weighted by atomic mass is 32.2. The number of amides is 1. The molecule has 5 aliphatic rings. The second-order valence-electron chi connectivity index (χ2n) is 9.89. The van der Waals surface area contributed by atoms with E-state index in [9.17, 15) is 4.79 Å². The van der Waals surface area contributed by atoms with Crippen molar-refractivity contribution in [2.24, 2.45) is 22.7 Å². The number of carbonyl (C=O) groups is 1. The quantitative estimate of drug-likeness (QED) is 0.457. The molecule has 1 aromatic carbocycles. The van der Waals surface area contributed by atoms with Crippen LogP contribution in [0.4, 0.5) is 5.69 Å². The molecule has 1 aliphatic heterocycles. The number of aliphatic imine (C=N–C) groups is 1. The number of hydrogen-bond acceptors (Lipinski definition) is 5. The van der Waals surface area contributed by atoms with Crippen molar-refractivity contribution in [2.45, 2.75) is 75.2 Å². The van der Waals surface area contributed by atoms with Gasteiger partial charge in [0, 0.05) is 26.0 Å². The molecule has 0 unspecified atom stereocenters. The molecule has 4 bridgehead atoms. The van der Waals surface area contributed by atoms with Gasteiger partial charge in [0.05, 0.1) is 16.2 Å². The lowest BCUT2D eigenvalue weighted by Crippen LogP contribution is -2.52. The van der Waals surface area contributed by atoms with Crippen LogP contribution in [-0.2, 0) is 9.53 Å². The van der Waals surface area contributed by atoms with Gasteiger partial charge in [-0.3, -0.25) is 4.79 Å². The molecule has 1 aromatic rings. The first-order valence-electron chi connectivity index (χ1n) is 11.6. The molecular weight excluding hydrogens is 394 g/mol. The minimum Gasteiger partial charge on any atom is -0.375 e. The first-order chi connectivity index (χ1) is 14.6. The van der Waals surface area contributed by atoms with E-state index in [1.165, 1.54) is 44.1 Å². The maximum Gasteiger partial charge on any atom is 0.220 e. The molecule has 4 fully saturated rings. The van der Waals surface area contributed by atoms with Crippen LogP contribution in [0, 0.1) is 24.7 Å². The highest BCUT2D eigenvalue weighted by Crippen LogP contribution is 2.57. The van der Waals surface area contributed by atoms with Gasteiger partial charge in [-0.25, -0.2) is 4.99 Å². The molecule has 0 aromatic heterocycles. The van der Waals surface area contributed by atoms with Crippen molar-refractivity contribution in [1.29, 1.82) is 0 Å². The molecule has 6 rings (SSSR count). The predicted molar refractivity (Wildman–Crippen MR) is 121 cm³/mol. The third-order valence-electron chi connectivity index (χ3n) is 7.27. The highest BCUT2D eigenvalue weighted by molar-refractivity contribution is 7.98. The summed E-state index contributed by atoms with van der Waals surface area (Å²) in [6.07, 6.45) is 10.2. The van der Waals surface area contributed by atoms with E-state index in [0.717, 1.165) is 47.2 Å². The van der Waals surface area contributed by atoms with Crippen LogP contribution >= 0.6 is 11.9 Å². The third-order valence-corrected chi connectivity index (χ3v) is 8.17. The fraction of sp³-hybridized carbons (Fsp3) is 0.667. The number of rotatable bonds is 8. The molecular formula is C24H33N3O2S. The monoisotopic (exact) mass is 427 g/mol. The van der Waals surface area contributed by atoms with Crippen LogP contribution in [0.5, 0.6) is 0 Å². The van der Waals surface area contributed by atoms with Gasteiger partial charge in [0.2, 0.25) is 5.91 Å². The Kier molecular flexibility index (Phi) is 5.80. The molecule has 4 saturated carbocycles. The lowest BCUT2D eigenvalue weighted by atomic mass is 9.54. The Morgan fingerprint density at radius 1 is 1.23 bits per heavy atom. The fourth-order valence-corrected chi connectivity index (χ4v) is 7.03. The summed E-state index contributed by atoms with van der Waals surface area (Å²) in [5.41, 5.74) is 2.37. The summed E-state index contributed by atoms with van der Waals surface area (Å²) < 4.78 is 9.70. The molecule has 1 amide bonds. The second-order valence-corrected chi connectivity index (χ2v) is 10.7. The van der Waals surface area contributed by atoms with Crippen molar-refractivity contribution in [3.05, 3.63) is 23.8 Å². The molecule has 6 heteroatoms. The molecule has 0 atom stereocenters. The van der Waals surface area contributed by atoms with E-state index in [1.54, 1.807) is 11.9 Å². The normalized spacial score (nSPS) is 31.1. The van der Waals surface area contributed by atoms with E-state index >= 15 is 0 Å². The summed E-state index contributed by atoms with van der Waals surface area (Å²) in [5, 5.41) is 3.05. The molecule has 0 radical (unpaired) electrons. The minimum absolute atomic E-state index is 0.0920. The lowest BCUT2D eigenvalue weighted by Gasteiger charge is -2.56. The molecule has 162 valence electrons. The first-order valence-corrected chi connectivity index (χ1v) is 12.4. The molecule has 0 saturated heterocycles. The summed E-state index contributed by atoms with van der Waals surface area (Å²) in [7, 11) is 0. The van der Waals surface area contributed by atoms with Crippen molar-refractivity contribution < 1.29 is 9.53 Å². The number of hydrogen-bond donors (Lipinski definition) is 2. The Morgan fingerprint density at radius 2 is 1.97 bits per heavy atom. The Morgan fingerprint density at radius 3 is 2.70 bits per heavy atom. The predicted octanol–water partition coefficient (Wildman–Crippen LogP) is 4.91. The van der Waals surface area contributed by atoms with Gasteiger partial charge in [-0.1, -0.05) is 6.07 Å². The summed E-state index contributed by atoms with van der Waals surface area (Å²) in [6.45, 7) is 3.54. The number of amidine groups is 1. The third kappa shape index (κ3) is 4.54. The molecule has 5 nitrogen and oxygen atoms in total. The Balaban J connectivity index is 1.00. The van der Waals surface area contributed by atoms with E-state index in [1.807, 2.05) is 0 Å². The maximum absolute atomic E-state index is 12.2. The van der Waals surface area contributed by atoms with Crippen molar-refractivity contribution in [3.63, 3.8) is 0 Å². The summed E-state index contributed by atoms with van der Waals surface area (Å²) >= 11 is 1.58. The van der Waals surface area contributed by atoms with Gasteiger partial charge in [-0.05, 0) is 99.3 Å². The fourth-order valence-electron chi connectivity index (χ4n) is 6.31. The zero-order chi connectivity index (χ0) is 20.6. The van der Waals surface area contributed by atoms with E-state index in [0.29, 0.717) is 19.4 Å². The summed E-state index contributed by atoms with van der Waals surface area (Å²) in [6, 6.07) is 6.27. The van der Waals surface area contributed by atoms with Gasteiger partial charge in [-0.15, -0.1) is 0 Å².